The van der Waals surface area contributed by atoms with E-state index in [1.807, 2.05) is 0 Å². The Morgan fingerprint density at radius 3 is 2.03 bits per heavy atom. The number of nitrogens with zero attached hydrogens (tertiary/aromatic N) is 1. The number of ether oxygens (including phenoxy) is 1. The number of ketones is 2. The van der Waals surface area contributed by atoms with Crippen LogP contribution in [0.3, 0.4) is 0 Å². The lowest BCUT2D eigenvalue weighted by Gasteiger charge is -2.33. The predicted octanol–water partition coefficient (Wildman–Crippen LogP) is 3.65. The van der Waals surface area contributed by atoms with Crippen molar-refractivity contribution in [2.45, 2.75) is 49.9 Å². The minimum Gasteiger partial charge on any atom is -0.349 e. The molecule has 0 radical (unpaired) electrons. The van der Waals surface area contributed by atoms with Crippen LogP contribution in [0.4, 0.5) is 4.39 Å². The average molecular weight is 447 g/mol. The molecule has 0 N–H and O–H groups in total. The average Bonchev–Trinajstić information content (AvgIpc) is 3.40. The highest BCUT2D eigenvalue weighted by Crippen LogP contribution is 2.57. The molecular weight excluding hydrogens is 425 g/mol. The number of rotatable bonds is 2. The molecule has 7 heteroatoms. The standard InChI is InChI=1S/C26H22FNO5/c27-15-12-10-14(11-13-15)21-19-20(25(32)28(24(19)31)16-6-2-1-3-7-16)26(33-21)22(29)17-8-4-5-9-18(17)23(26)30/h4-5,8-13,16,19-21H,1-3,6-7H2/t19-,20+,21+/m0/s1. The maximum Gasteiger partial charge on any atom is 0.237 e. The van der Waals surface area contributed by atoms with Gasteiger partial charge in [0.15, 0.2) is 0 Å². The second-order valence-corrected chi connectivity index (χ2v) is 9.37. The topological polar surface area (TPSA) is 80.8 Å². The molecule has 6 nitrogen and oxygen atoms in total. The van der Waals surface area contributed by atoms with Crippen LogP contribution in [0, 0.1) is 17.7 Å². The molecule has 168 valence electrons. The van der Waals surface area contributed by atoms with Crippen molar-refractivity contribution in [3.8, 4) is 0 Å². The number of Topliss-reactive ketones (excluding diaryl/α,β-unsaturated/α-hetero) is 2. The highest BCUT2D eigenvalue weighted by Gasteiger charge is 2.75. The van der Waals surface area contributed by atoms with Gasteiger partial charge in [-0.2, -0.15) is 0 Å². The Morgan fingerprint density at radius 2 is 1.42 bits per heavy atom. The summed E-state index contributed by atoms with van der Waals surface area (Å²) in [7, 11) is 0. The van der Waals surface area contributed by atoms with Gasteiger partial charge in [0, 0.05) is 17.2 Å². The van der Waals surface area contributed by atoms with Gasteiger partial charge in [0.05, 0.1) is 17.9 Å². The van der Waals surface area contributed by atoms with Gasteiger partial charge in [-0.25, -0.2) is 4.39 Å². The molecule has 3 atom stereocenters. The number of fused-ring (bicyclic) bond motifs is 3. The number of carbonyl (C=O) groups excluding carboxylic acids is 4. The van der Waals surface area contributed by atoms with E-state index >= 15 is 0 Å². The van der Waals surface area contributed by atoms with E-state index in [9.17, 15) is 23.6 Å². The minimum atomic E-state index is -2.07. The number of carbonyl (C=O) groups is 4. The number of benzene rings is 2. The van der Waals surface area contributed by atoms with Crippen molar-refractivity contribution in [1.82, 2.24) is 4.90 Å². The first kappa shape index (κ1) is 20.4. The lowest BCUT2D eigenvalue weighted by Crippen LogP contribution is -2.52. The molecule has 2 saturated heterocycles. The molecule has 0 unspecified atom stereocenters. The third-order valence-electron chi connectivity index (χ3n) is 7.69. The molecule has 2 aromatic rings. The van der Waals surface area contributed by atoms with Crippen molar-refractivity contribution >= 4 is 23.4 Å². The summed E-state index contributed by atoms with van der Waals surface area (Å²) in [5.74, 6) is -4.75. The van der Waals surface area contributed by atoms with Crippen LogP contribution in [0.25, 0.3) is 0 Å². The molecule has 2 heterocycles. The molecular formula is C26H22FNO5. The van der Waals surface area contributed by atoms with Crippen molar-refractivity contribution in [1.29, 1.82) is 0 Å². The van der Waals surface area contributed by atoms with Crippen molar-refractivity contribution in [2.75, 3.05) is 0 Å². The van der Waals surface area contributed by atoms with Crippen LogP contribution in [0.5, 0.6) is 0 Å². The molecule has 6 rings (SSSR count). The van der Waals surface area contributed by atoms with Gasteiger partial charge in [-0.15, -0.1) is 0 Å². The Morgan fingerprint density at radius 1 is 0.818 bits per heavy atom. The lowest BCUT2D eigenvalue weighted by atomic mass is 9.77. The maximum atomic E-state index is 13.8. The second-order valence-electron chi connectivity index (χ2n) is 9.37. The van der Waals surface area contributed by atoms with Gasteiger partial charge < -0.3 is 4.74 Å². The molecule has 2 aromatic carbocycles. The Bertz CT molecular complexity index is 1160. The fourth-order valence-electron chi connectivity index (χ4n) is 6.19. The summed E-state index contributed by atoms with van der Waals surface area (Å²) >= 11 is 0. The third-order valence-corrected chi connectivity index (χ3v) is 7.69. The van der Waals surface area contributed by atoms with E-state index in [1.165, 1.54) is 29.2 Å². The van der Waals surface area contributed by atoms with E-state index in [0.717, 1.165) is 19.3 Å². The van der Waals surface area contributed by atoms with E-state index in [4.69, 9.17) is 4.74 Å². The summed E-state index contributed by atoms with van der Waals surface area (Å²) in [6, 6.07) is 11.6. The number of hydrogen-bond acceptors (Lipinski definition) is 5. The van der Waals surface area contributed by atoms with E-state index < -0.39 is 52.7 Å². The summed E-state index contributed by atoms with van der Waals surface area (Å²) in [5.41, 5.74) is -1.19. The first-order chi connectivity index (χ1) is 15.9. The van der Waals surface area contributed by atoms with Gasteiger partial charge in [0.1, 0.15) is 5.82 Å². The van der Waals surface area contributed by atoms with Crippen LogP contribution in [-0.4, -0.2) is 39.9 Å². The monoisotopic (exact) mass is 447 g/mol. The van der Waals surface area contributed by atoms with Gasteiger partial charge in [-0.3, -0.25) is 24.1 Å². The van der Waals surface area contributed by atoms with Crippen molar-refractivity contribution < 1.29 is 28.3 Å². The SMILES string of the molecule is O=C1[C@@H]2[C@@H](c3ccc(F)cc3)OC3(C(=O)c4ccccc4C3=O)[C@H]2C(=O)N1C1CCCCC1. The summed E-state index contributed by atoms with van der Waals surface area (Å²) in [4.78, 5) is 56.1. The van der Waals surface area contributed by atoms with Crippen molar-refractivity contribution in [3.63, 3.8) is 0 Å². The minimum absolute atomic E-state index is 0.206. The fourth-order valence-corrected chi connectivity index (χ4v) is 6.19. The molecule has 3 fully saturated rings. The van der Waals surface area contributed by atoms with Crippen molar-refractivity contribution in [2.24, 2.45) is 11.8 Å². The van der Waals surface area contributed by atoms with Crippen LogP contribution in [0.15, 0.2) is 48.5 Å². The van der Waals surface area contributed by atoms with Crippen LogP contribution in [0.2, 0.25) is 0 Å². The van der Waals surface area contributed by atoms with Crippen LogP contribution in [-0.2, 0) is 14.3 Å². The highest BCUT2D eigenvalue weighted by molar-refractivity contribution is 6.35. The number of hydrogen-bond donors (Lipinski definition) is 0. The van der Waals surface area contributed by atoms with E-state index in [1.54, 1.807) is 24.3 Å². The Kier molecular flexibility index (Phi) is 4.43. The number of imide groups is 1. The Hall–Kier alpha value is -3.19. The largest absolute Gasteiger partial charge is 0.349 e. The van der Waals surface area contributed by atoms with Crippen LogP contribution < -0.4 is 0 Å². The maximum absolute atomic E-state index is 13.8. The molecule has 33 heavy (non-hydrogen) atoms. The van der Waals surface area contributed by atoms with Crippen molar-refractivity contribution in [3.05, 3.63) is 71.0 Å². The second kappa shape index (κ2) is 7.15. The summed E-state index contributed by atoms with van der Waals surface area (Å²) in [5, 5.41) is 0. The Labute approximate surface area is 189 Å². The summed E-state index contributed by atoms with van der Waals surface area (Å²) < 4.78 is 19.8. The molecule has 1 saturated carbocycles. The van der Waals surface area contributed by atoms with Crippen LogP contribution >= 0.6 is 0 Å². The zero-order valence-electron chi connectivity index (χ0n) is 17.8. The third kappa shape index (κ3) is 2.63. The molecule has 0 aromatic heterocycles. The molecule has 1 spiro atoms. The fraction of sp³-hybridized carbons (Fsp3) is 0.385. The molecule has 2 aliphatic heterocycles. The first-order valence-electron chi connectivity index (χ1n) is 11.4. The van der Waals surface area contributed by atoms with Gasteiger partial charge in [-0.05, 0) is 30.5 Å². The quantitative estimate of drug-likeness (QED) is 0.519. The van der Waals surface area contributed by atoms with E-state index in [0.29, 0.717) is 18.4 Å². The number of halogens is 1. The number of likely N-dealkylation sites (tertiary alicyclic amines) is 1. The van der Waals surface area contributed by atoms with Gasteiger partial charge in [0.2, 0.25) is 29.0 Å². The zero-order chi connectivity index (χ0) is 22.9. The Balaban J connectivity index is 1.50. The van der Waals surface area contributed by atoms with E-state index in [2.05, 4.69) is 0 Å². The van der Waals surface area contributed by atoms with Gasteiger partial charge in [-0.1, -0.05) is 55.7 Å². The van der Waals surface area contributed by atoms with Gasteiger partial charge >= 0.3 is 0 Å². The molecule has 2 amide bonds. The predicted molar refractivity (Wildman–Crippen MR) is 114 cm³/mol. The highest BCUT2D eigenvalue weighted by atomic mass is 19.1. The van der Waals surface area contributed by atoms with E-state index in [-0.39, 0.29) is 17.2 Å². The summed E-state index contributed by atoms with van der Waals surface area (Å²) in [6.07, 6.45) is 3.33. The number of amides is 2. The smallest absolute Gasteiger partial charge is 0.237 e. The van der Waals surface area contributed by atoms with Crippen LogP contribution in [0.1, 0.15) is 64.5 Å². The van der Waals surface area contributed by atoms with Gasteiger partial charge in [0.25, 0.3) is 0 Å². The normalized spacial score (nSPS) is 28.6. The zero-order valence-corrected chi connectivity index (χ0v) is 17.8. The molecule has 2 aliphatic carbocycles. The first-order valence-corrected chi connectivity index (χ1v) is 11.4. The molecule has 4 aliphatic rings. The lowest BCUT2D eigenvalue weighted by molar-refractivity contribution is -0.148. The molecule has 0 bridgehead atoms. The summed E-state index contributed by atoms with van der Waals surface area (Å²) in [6.45, 7) is 0.